The molecule has 0 spiro atoms. The minimum atomic E-state index is 0.554. The molecule has 15 heavy (non-hydrogen) atoms. The normalized spacial score (nSPS) is 15.5. The van der Waals surface area contributed by atoms with Crippen LogP contribution in [0.1, 0.15) is 24.8 Å². The predicted octanol–water partition coefficient (Wildman–Crippen LogP) is 3.39. The fourth-order valence-electron chi connectivity index (χ4n) is 1.58. The zero-order valence-electron chi connectivity index (χ0n) is 8.37. The first kappa shape index (κ1) is 10.3. The van der Waals surface area contributed by atoms with Gasteiger partial charge >= 0.3 is 0 Å². The minimum absolute atomic E-state index is 0.554. The Morgan fingerprint density at radius 1 is 1.47 bits per heavy atom. The van der Waals surface area contributed by atoms with Crippen molar-refractivity contribution in [2.45, 2.75) is 19.3 Å². The molecular weight excluding hydrogens is 210 g/mol. The highest BCUT2D eigenvalue weighted by atomic mass is 35.5. The summed E-state index contributed by atoms with van der Waals surface area (Å²) in [6.45, 7) is 0.703. The van der Waals surface area contributed by atoms with Crippen LogP contribution in [-0.2, 0) is 0 Å². The number of nitriles is 1. The van der Waals surface area contributed by atoms with E-state index in [4.69, 9.17) is 21.6 Å². The van der Waals surface area contributed by atoms with Gasteiger partial charge in [-0.3, -0.25) is 0 Å². The Balaban J connectivity index is 2.05. The van der Waals surface area contributed by atoms with E-state index in [1.54, 1.807) is 18.2 Å². The predicted molar refractivity (Wildman–Crippen MR) is 59.0 cm³/mol. The Kier molecular flexibility index (Phi) is 3.13. The second-order valence-corrected chi connectivity index (χ2v) is 4.30. The number of nitrogens with zero attached hydrogens (tertiary/aromatic N) is 1. The lowest BCUT2D eigenvalue weighted by atomic mass is 9.86. The van der Waals surface area contributed by atoms with Crippen molar-refractivity contribution in [3.63, 3.8) is 0 Å². The van der Waals surface area contributed by atoms with E-state index in [9.17, 15) is 0 Å². The second-order valence-electron chi connectivity index (χ2n) is 3.86. The van der Waals surface area contributed by atoms with Gasteiger partial charge in [0.2, 0.25) is 0 Å². The van der Waals surface area contributed by atoms with Crippen LogP contribution < -0.4 is 4.74 Å². The van der Waals surface area contributed by atoms with Crippen LogP contribution in [0.4, 0.5) is 0 Å². The fourth-order valence-corrected chi connectivity index (χ4v) is 1.74. The summed E-state index contributed by atoms with van der Waals surface area (Å²) in [5, 5.41) is 9.48. The number of hydrogen-bond donors (Lipinski definition) is 0. The maximum atomic E-state index is 8.87. The van der Waals surface area contributed by atoms with E-state index in [-0.39, 0.29) is 0 Å². The topological polar surface area (TPSA) is 33.0 Å². The molecule has 2 nitrogen and oxygen atoms in total. The van der Waals surface area contributed by atoms with Crippen molar-refractivity contribution in [3.8, 4) is 11.8 Å². The third-order valence-electron chi connectivity index (χ3n) is 2.76. The number of benzene rings is 1. The third kappa shape index (κ3) is 2.43. The smallest absolute Gasteiger partial charge is 0.138 e. The van der Waals surface area contributed by atoms with Crippen molar-refractivity contribution in [2.24, 2.45) is 5.92 Å². The van der Waals surface area contributed by atoms with Gasteiger partial charge in [0, 0.05) is 11.1 Å². The van der Waals surface area contributed by atoms with Crippen LogP contribution in [-0.4, -0.2) is 6.61 Å². The van der Waals surface area contributed by atoms with Gasteiger partial charge in [0.1, 0.15) is 11.8 Å². The summed E-state index contributed by atoms with van der Waals surface area (Å²) in [5.74, 6) is 1.27. The summed E-state index contributed by atoms with van der Waals surface area (Å²) in [5.41, 5.74) is 0.554. The molecule has 1 aliphatic carbocycles. The van der Waals surface area contributed by atoms with Gasteiger partial charge in [-0.05, 0) is 30.9 Å². The Hall–Kier alpha value is -1.20. The molecule has 0 radical (unpaired) electrons. The molecule has 0 heterocycles. The van der Waals surface area contributed by atoms with Crippen LogP contribution in [0.3, 0.4) is 0 Å². The highest BCUT2D eigenvalue weighted by Crippen LogP contribution is 2.29. The monoisotopic (exact) mass is 221 g/mol. The maximum absolute atomic E-state index is 8.87. The van der Waals surface area contributed by atoms with Crippen molar-refractivity contribution in [1.29, 1.82) is 5.26 Å². The van der Waals surface area contributed by atoms with Gasteiger partial charge in [-0.25, -0.2) is 0 Å². The molecule has 0 unspecified atom stereocenters. The molecule has 0 aromatic heterocycles. The third-order valence-corrected chi connectivity index (χ3v) is 3.00. The molecule has 1 aromatic carbocycles. The average Bonchev–Trinajstić information content (AvgIpc) is 2.16. The maximum Gasteiger partial charge on any atom is 0.138 e. The Bertz CT molecular complexity index is 393. The molecule has 0 atom stereocenters. The first-order chi connectivity index (χ1) is 7.29. The average molecular weight is 222 g/mol. The molecule has 0 amide bonds. The number of halogens is 1. The summed E-state index contributed by atoms with van der Waals surface area (Å²) >= 11 is 5.85. The van der Waals surface area contributed by atoms with Gasteiger partial charge in [0.15, 0.2) is 0 Å². The lowest BCUT2D eigenvalue weighted by Gasteiger charge is -2.25. The Morgan fingerprint density at radius 2 is 2.27 bits per heavy atom. The lowest BCUT2D eigenvalue weighted by molar-refractivity contribution is 0.180. The van der Waals surface area contributed by atoms with Crippen LogP contribution in [0.5, 0.6) is 5.75 Å². The zero-order chi connectivity index (χ0) is 10.7. The van der Waals surface area contributed by atoms with E-state index in [2.05, 4.69) is 6.07 Å². The standard InChI is InChI=1S/C12H12ClNO/c13-11-5-4-10(7-14)12(6-11)15-8-9-2-1-3-9/h4-6,9H,1-3,8H2. The first-order valence-corrected chi connectivity index (χ1v) is 5.50. The minimum Gasteiger partial charge on any atom is -0.492 e. The molecule has 0 aliphatic heterocycles. The molecular formula is C12H12ClNO. The quantitative estimate of drug-likeness (QED) is 0.784. The van der Waals surface area contributed by atoms with Crippen molar-refractivity contribution in [1.82, 2.24) is 0 Å². The van der Waals surface area contributed by atoms with E-state index in [0.29, 0.717) is 28.9 Å². The number of hydrogen-bond acceptors (Lipinski definition) is 2. The molecule has 0 bridgehead atoms. The van der Waals surface area contributed by atoms with E-state index in [1.165, 1.54) is 19.3 Å². The summed E-state index contributed by atoms with van der Waals surface area (Å²) in [6.07, 6.45) is 3.78. The van der Waals surface area contributed by atoms with Crippen LogP contribution in [0.25, 0.3) is 0 Å². The van der Waals surface area contributed by atoms with Gasteiger partial charge in [-0.1, -0.05) is 18.0 Å². The van der Waals surface area contributed by atoms with Gasteiger partial charge in [0.25, 0.3) is 0 Å². The molecule has 3 heteroatoms. The molecule has 1 saturated carbocycles. The molecule has 1 aromatic rings. The largest absolute Gasteiger partial charge is 0.492 e. The molecule has 1 fully saturated rings. The molecule has 78 valence electrons. The lowest BCUT2D eigenvalue weighted by Crippen LogP contribution is -2.19. The fraction of sp³-hybridized carbons (Fsp3) is 0.417. The summed E-state index contributed by atoms with van der Waals surface area (Å²) in [6, 6.07) is 7.20. The van der Waals surface area contributed by atoms with Crippen molar-refractivity contribution in [2.75, 3.05) is 6.61 Å². The summed E-state index contributed by atoms with van der Waals surface area (Å²) < 4.78 is 5.61. The SMILES string of the molecule is N#Cc1ccc(Cl)cc1OCC1CCC1. The Morgan fingerprint density at radius 3 is 2.87 bits per heavy atom. The highest BCUT2D eigenvalue weighted by Gasteiger charge is 2.18. The van der Waals surface area contributed by atoms with Crippen LogP contribution in [0.15, 0.2) is 18.2 Å². The van der Waals surface area contributed by atoms with Crippen molar-refractivity contribution < 1.29 is 4.74 Å². The van der Waals surface area contributed by atoms with E-state index in [0.717, 1.165) is 0 Å². The summed E-state index contributed by atoms with van der Waals surface area (Å²) in [4.78, 5) is 0. The first-order valence-electron chi connectivity index (χ1n) is 5.12. The van der Waals surface area contributed by atoms with Gasteiger partial charge < -0.3 is 4.74 Å². The second kappa shape index (κ2) is 4.55. The van der Waals surface area contributed by atoms with E-state index >= 15 is 0 Å². The van der Waals surface area contributed by atoms with Crippen LogP contribution in [0.2, 0.25) is 5.02 Å². The van der Waals surface area contributed by atoms with Gasteiger partial charge in [0.05, 0.1) is 12.2 Å². The molecule has 0 N–H and O–H groups in total. The number of ether oxygens (including phenoxy) is 1. The zero-order valence-corrected chi connectivity index (χ0v) is 9.13. The van der Waals surface area contributed by atoms with Gasteiger partial charge in [-0.2, -0.15) is 5.26 Å². The van der Waals surface area contributed by atoms with Crippen LogP contribution in [0, 0.1) is 17.2 Å². The molecule has 0 saturated heterocycles. The summed E-state index contributed by atoms with van der Waals surface area (Å²) in [7, 11) is 0. The highest BCUT2D eigenvalue weighted by molar-refractivity contribution is 6.30. The van der Waals surface area contributed by atoms with E-state index < -0.39 is 0 Å². The van der Waals surface area contributed by atoms with Gasteiger partial charge in [-0.15, -0.1) is 0 Å². The van der Waals surface area contributed by atoms with Crippen molar-refractivity contribution in [3.05, 3.63) is 28.8 Å². The Labute approximate surface area is 94.4 Å². The molecule has 1 aliphatic rings. The van der Waals surface area contributed by atoms with Crippen molar-refractivity contribution >= 4 is 11.6 Å². The number of rotatable bonds is 3. The van der Waals surface area contributed by atoms with Crippen LogP contribution >= 0.6 is 11.6 Å². The molecule has 2 rings (SSSR count). The van der Waals surface area contributed by atoms with E-state index in [1.807, 2.05) is 0 Å².